The zero-order chi connectivity index (χ0) is 33.8. The molecule has 13 nitrogen and oxygen atoms in total. The zero-order valence-corrected chi connectivity index (χ0v) is 26.6. The number of piperidine rings is 1. The second-order valence-corrected chi connectivity index (χ2v) is 11.9. The van der Waals surface area contributed by atoms with Crippen LogP contribution >= 0.6 is 11.6 Å². The Bertz CT molecular complexity index is 1780. The number of ether oxygens (including phenoxy) is 1. The van der Waals surface area contributed by atoms with Gasteiger partial charge in [-0.25, -0.2) is 9.78 Å². The van der Waals surface area contributed by atoms with Crippen molar-refractivity contribution in [1.29, 1.82) is 0 Å². The number of nitrogens with one attached hydrogen (secondary N) is 3. The van der Waals surface area contributed by atoms with E-state index in [1.165, 1.54) is 30.5 Å². The summed E-state index contributed by atoms with van der Waals surface area (Å²) in [6, 6.07) is 10.7. The molecule has 0 unspecified atom stereocenters. The summed E-state index contributed by atoms with van der Waals surface area (Å²) in [5, 5.41) is 12.2. The number of carbonyl (C=O) groups is 3. The summed E-state index contributed by atoms with van der Waals surface area (Å²) in [4.78, 5) is 52.2. The van der Waals surface area contributed by atoms with Crippen LogP contribution in [0.15, 0.2) is 67.3 Å². The number of pyridine rings is 2. The van der Waals surface area contributed by atoms with E-state index in [-0.39, 0.29) is 24.1 Å². The van der Waals surface area contributed by atoms with Crippen LogP contribution in [-0.4, -0.2) is 81.2 Å². The van der Waals surface area contributed by atoms with Crippen molar-refractivity contribution in [3.8, 4) is 17.0 Å². The molecule has 3 N–H and O–H groups in total. The quantitative estimate of drug-likeness (QED) is 0.200. The molecule has 4 amide bonds. The predicted molar refractivity (Wildman–Crippen MR) is 174 cm³/mol. The molecule has 0 bridgehead atoms. The number of aromatic amines is 1. The van der Waals surface area contributed by atoms with Crippen LogP contribution in [0.1, 0.15) is 35.2 Å². The monoisotopic (exact) mass is 679 g/mol. The Kier molecular flexibility index (Phi) is 9.50. The lowest BCUT2D eigenvalue weighted by atomic mass is 10.0. The van der Waals surface area contributed by atoms with Crippen LogP contribution in [0, 0.1) is 0 Å². The van der Waals surface area contributed by atoms with E-state index in [0.29, 0.717) is 60.2 Å². The van der Waals surface area contributed by atoms with Crippen molar-refractivity contribution in [3.63, 3.8) is 0 Å². The molecule has 4 aromatic rings. The predicted octanol–water partition coefficient (Wildman–Crippen LogP) is 4.83. The van der Waals surface area contributed by atoms with E-state index in [0.717, 1.165) is 18.4 Å². The smallest absolute Gasteiger partial charge is 0.420 e. The van der Waals surface area contributed by atoms with Gasteiger partial charge in [-0.15, -0.1) is 8.78 Å². The number of benzene rings is 1. The Morgan fingerprint density at radius 1 is 1.10 bits per heavy atom. The molecular formula is C32H32ClF2N9O4. The Labute approximate surface area is 279 Å². The first-order valence-corrected chi connectivity index (χ1v) is 15.6. The van der Waals surface area contributed by atoms with Crippen molar-refractivity contribution in [2.45, 2.75) is 37.4 Å². The van der Waals surface area contributed by atoms with E-state index >= 15 is 0 Å². The first-order valence-electron chi connectivity index (χ1n) is 15.2. The van der Waals surface area contributed by atoms with E-state index in [1.807, 2.05) is 6.07 Å². The number of hydrogen-bond acceptors (Lipinski definition) is 9. The minimum Gasteiger partial charge on any atom is -0.420 e. The molecule has 0 saturated carbocycles. The lowest BCUT2D eigenvalue weighted by molar-refractivity contribution is -0.120. The zero-order valence-electron chi connectivity index (χ0n) is 25.8. The molecule has 2 aliphatic heterocycles. The maximum atomic E-state index is 13.2. The molecule has 0 atom stereocenters. The molecule has 48 heavy (non-hydrogen) atoms. The first kappa shape index (κ1) is 32.8. The fourth-order valence-corrected chi connectivity index (χ4v) is 5.97. The van der Waals surface area contributed by atoms with Gasteiger partial charge < -0.3 is 15.0 Å². The second-order valence-electron chi connectivity index (χ2n) is 11.5. The van der Waals surface area contributed by atoms with Gasteiger partial charge >= 0.3 is 11.6 Å². The highest BCUT2D eigenvalue weighted by Crippen LogP contribution is 2.32. The summed E-state index contributed by atoms with van der Waals surface area (Å²) in [6.45, 7) is 2.32. The van der Waals surface area contributed by atoms with Crippen molar-refractivity contribution >= 4 is 46.6 Å². The second kappa shape index (κ2) is 13.9. The molecule has 3 aromatic heterocycles. The molecule has 2 saturated heterocycles. The molecule has 6 rings (SSSR count). The van der Waals surface area contributed by atoms with Gasteiger partial charge in [-0.2, -0.15) is 5.10 Å². The number of amides is 4. The number of H-pyrrole nitrogens is 1. The number of nitrogens with zero attached hydrogens (tertiary/aromatic N) is 6. The van der Waals surface area contributed by atoms with Crippen molar-refractivity contribution in [1.82, 2.24) is 30.4 Å². The van der Waals surface area contributed by atoms with Gasteiger partial charge in [0.25, 0.3) is 5.91 Å². The Morgan fingerprint density at radius 3 is 2.56 bits per heavy atom. The third kappa shape index (κ3) is 7.69. The van der Waals surface area contributed by atoms with Crippen molar-refractivity contribution in [2.75, 3.05) is 41.8 Å². The molecule has 250 valence electrons. The number of imide groups is 1. The molecule has 16 heteroatoms. The van der Waals surface area contributed by atoms with Gasteiger partial charge in [0.05, 0.1) is 23.1 Å². The minimum atomic E-state index is -3.84. The molecule has 0 radical (unpaired) electrons. The molecule has 1 aromatic carbocycles. The Balaban J connectivity index is 1.12. The number of carbonyl (C=O) groups excluding carboxylic acids is 3. The van der Waals surface area contributed by atoms with Crippen molar-refractivity contribution in [2.24, 2.45) is 0 Å². The van der Waals surface area contributed by atoms with Gasteiger partial charge in [-0.1, -0.05) is 0 Å². The van der Waals surface area contributed by atoms with Gasteiger partial charge in [0.1, 0.15) is 11.6 Å². The van der Waals surface area contributed by atoms with Crippen LogP contribution in [0.2, 0.25) is 0 Å². The lowest BCUT2D eigenvalue weighted by Gasteiger charge is -2.38. The summed E-state index contributed by atoms with van der Waals surface area (Å²) in [5.41, 5.74) is -0.136. The third-order valence-corrected chi connectivity index (χ3v) is 8.38. The van der Waals surface area contributed by atoms with Gasteiger partial charge in [0.15, 0.2) is 0 Å². The molecule has 2 aliphatic rings. The van der Waals surface area contributed by atoms with Crippen LogP contribution < -0.4 is 25.2 Å². The molecule has 0 aliphatic carbocycles. The normalized spacial score (nSPS) is 15.9. The van der Waals surface area contributed by atoms with Crippen LogP contribution in [-0.2, 0) is 11.3 Å². The Hall–Kier alpha value is -5.15. The number of urea groups is 1. The molecule has 5 heterocycles. The van der Waals surface area contributed by atoms with E-state index in [4.69, 9.17) is 16.6 Å². The standard InChI is InChI=1S/C32H32ClF2N9O4/c1-42(19-20-6-11-36-18-27(20)44-15-10-28(45)40-31(44)47)23-8-13-43(14-9-23)29-25(26-7-12-38-41-26)16-21(17-37-29)30(46)39-22-2-4-24(5-3-22)48-32(33,34)35/h2-7,11-12,16-18,23H,8-10,13-15,19H2,1H3,(H,38,41)(H,39,46)(H,40,45,47). The van der Waals surface area contributed by atoms with Crippen LogP contribution in [0.4, 0.5) is 30.8 Å². The van der Waals surface area contributed by atoms with Gasteiger partial charge in [-0.3, -0.25) is 34.8 Å². The minimum absolute atomic E-state index is 0.150. The van der Waals surface area contributed by atoms with Crippen LogP contribution in [0.25, 0.3) is 11.3 Å². The molecular weight excluding hydrogens is 648 g/mol. The summed E-state index contributed by atoms with van der Waals surface area (Å²) in [7, 11) is 2.06. The van der Waals surface area contributed by atoms with Crippen molar-refractivity contribution in [3.05, 3.63) is 78.4 Å². The van der Waals surface area contributed by atoms with Gasteiger partial charge in [0, 0.05) is 80.1 Å². The SMILES string of the molecule is CN(Cc1ccncc1N1CCC(=O)NC1=O)C1CCN(c2ncc(C(=O)Nc3ccc(OC(F)(F)Cl)cc3)cc2-c2ccn[nH]2)CC1. The summed E-state index contributed by atoms with van der Waals surface area (Å²) >= 11 is 4.82. The number of alkyl halides is 3. The van der Waals surface area contributed by atoms with Gasteiger partial charge in [0.2, 0.25) is 5.91 Å². The maximum absolute atomic E-state index is 13.2. The first-order chi connectivity index (χ1) is 23.0. The molecule has 0 spiro atoms. The number of aromatic nitrogens is 4. The highest BCUT2D eigenvalue weighted by Gasteiger charge is 2.30. The topological polar surface area (TPSA) is 149 Å². The van der Waals surface area contributed by atoms with Crippen LogP contribution in [0.3, 0.4) is 0 Å². The van der Waals surface area contributed by atoms with Gasteiger partial charge in [-0.05, 0) is 67.9 Å². The molecule has 2 fully saturated rings. The fourth-order valence-electron chi connectivity index (χ4n) is 5.88. The van der Waals surface area contributed by atoms with E-state index in [9.17, 15) is 23.2 Å². The summed E-state index contributed by atoms with van der Waals surface area (Å²) in [5.74, 6) is -0.159. The Morgan fingerprint density at radius 2 is 1.88 bits per heavy atom. The number of rotatable bonds is 10. The summed E-state index contributed by atoms with van der Waals surface area (Å²) < 4.78 is 30.2. The highest BCUT2D eigenvalue weighted by molar-refractivity contribution is 6.20. The average molecular weight is 680 g/mol. The number of anilines is 3. The van der Waals surface area contributed by atoms with Crippen LogP contribution in [0.5, 0.6) is 5.75 Å². The fraction of sp³-hybridized carbons (Fsp3) is 0.312. The average Bonchev–Trinajstić information content (AvgIpc) is 3.61. The lowest BCUT2D eigenvalue weighted by Crippen LogP contribution is -2.50. The van der Waals surface area contributed by atoms with E-state index < -0.39 is 17.5 Å². The maximum Gasteiger partial charge on any atom is 0.487 e. The van der Waals surface area contributed by atoms with E-state index in [1.54, 1.807) is 35.6 Å². The largest absolute Gasteiger partial charge is 0.487 e. The third-order valence-electron chi connectivity index (χ3n) is 8.31. The van der Waals surface area contributed by atoms with Crippen molar-refractivity contribution < 1.29 is 27.9 Å². The summed E-state index contributed by atoms with van der Waals surface area (Å²) in [6.07, 6.45) is 8.41. The number of halogens is 3. The highest BCUT2D eigenvalue weighted by atomic mass is 35.5. The number of hydrogen-bond donors (Lipinski definition) is 3. The van der Waals surface area contributed by atoms with E-state index in [2.05, 4.69) is 47.4 Å².